The molecule has 0 unspecified atom stereocenters. The van der Waals surface area contributed by atoms with Gasteiger partial charge in [0, 0.05) is 24.4 Å². The van der Waals surface area contributed by atoms with Crippen molar-refractivity contribution in [2.75, 3.05) is 19.9 Å². The second-order valence-corrected chi connectivity index (χ2v) is 4.09. The molecule has 19 heavy (non-hydrogen) atoms. The van der Waals surface area contributed by atoms with Crippen LogP contribution in [-0.4, -0.2) is 40.1 Å². The summed E-state index contributed by atoms with van der Waals surface area (Å²) in [5.74, 6) is 1.00. The first kappa shape index (κ1) is 12.9. The van der Waals surface area contributed by atoms with Crippen LogP contribution in [0.4, 0.5) is 5.69 Å². The van der Waals surface area contributed by atoms with Crippen LogP contribution in [0.15, 0.2) is 24.5 Å². The van der Waals surface area contributed by atoms with Gasteiger partial charge in [-0.3, -0.25) is 9.89 Å². The molecule has 0 atom stereocenters. The number of aromatic nitrogens is 3. The van der Waals surface area contributed by atoms with E-state index in [9.17, 15) is 4.79 Å². The largest absolute Gasteiger partial charge is 0.497 e. The Balaban J connectivity index is 2.16. The van der Waals surface area contributed by atoms with E-state index in [0.717, 1.165) is 0 Å². The molecule has 0 saturated heterocycles. The smallest absolute Gasteiger partial charge is 0.254 e. The summed E-state index contributed by atoms with van der Waals surface area (Å²) in [6, 6.07) is 4.92. The van der Waals surface area contributed by atoms with Crippen molar-refractivity contribution < 1.29 is 9.53 Å². The van der Waals surface area contributed by atoms with Crippen LogP contribution in [0.3, 0.4) is 0 Å². The van der Waals surface area contributed by atoms with E-state index in [1.165, 1.54) is 18.3 Å². The van der Waals surface area contributed by atoms with Crippen LogP contribution in [0.1, 0.15) is 16.2 Å². The number of hydrogen-bond acceptors (Lipinski definition) is 5. The molecule has 0 radical (unpaired) electrons. The Morgan fingerprint density at radius 1 is 1.47 bits per heavy atom. The van der Waals surface area contributed by atoms with Gasteiger partial charge in [-0.05, 0) is 12.1 Å². The Bertz CT molecular complexity index is 568. The number of carbonyl (C=O) groups excluding carboxylic acids is 1. The van der Waals surface area contributed by atoms with Crippen molar-refractivity contribution in [3.05, 3.63) is 35.9 Å². The molecule has 0 aliphatic heterocycles. The Morgan fingerprint density at radius 3 is 2.89 bits per heavy atom. The van der Waals surface area contributed by atoms with E-state index in [4.69, 9.17) is 10.5 Å². The molecule has 0 fully saturated rings. The number of nitrogens with zero attached hydrogens (tertiary/aromatic N) is 3. The van der Waals surface area contributed by atoms with E-state index < -0.39 is 0 Å². The zero-order valence-corrected chi connectivity index (χ0v) is 10.8. The van der Waals surface area contributed by atoms with E-state index >= 15 is 0 Å². The summed E-state index contributed by atoms with van der Waals surface area (Å²) in [6.45, 7) is 0.343. The first-order valence-electron chi connectivity index (χ1n) is 5.64. The highest BCUT2D eigenvalue weighted by Crippen LogP contribution is 2.19. The van der Waals surface area contributed by atoms with Crippen LogP contribution in [0, 0.1) is 0 Å². The molecule has 7 nitrogen and oxygen atoms in total. The van der Waals surface area contributed by atoms with Crippen molar-refractivity contribution in [1.29, 1.82) is 0 Å². The van der Waals surface area contributed by atoms with E-state index in [-0.39, 0.29) is 5.91 Å². The molecule has 0 aliphatic rings. The zero-order chi connectivity index (χ0) is 13.8. The summed E-state index contributed by atoms with van der Waals surface area (Å²) in [5, 5.41) is 6.44. The number of benzene rings is 1. The summed E-state index contributed by atoms with van der Waals surface area (Å²) in [6.07, 6.45) is 1.40. The van der Waals surface area contributed by atoms with Crippen LogP contribution in [0.5, 0.6) is 5.75 Å². The number of methoxy groups -OCH3 is 1. The maximum atomic E-state index is 12.2. The Kier molecular flexibility index (Phi) is 3.65. The monoisotopic (exact) mass is 261 g/mol. The number of nitrogens with two attached hydrogens (primary N) is 1. The molecule has 0 saturated carbocycles. The van der Waals surface area contributed by atoms with Gasteiger partial charge in [0.25, 0.3) is 5.91 Å². The summed E-state index contributed by atoms with van der Waals surface area (Å²) >= 11 is 0. The first-order valence-corrected chi connectivity index (χ1v) is 5.64. The predicted molar refractivity (Wildman–Crippen MR) is 69.6 cm³/mol. The highest BCUT2D eigenvalue weighted by molar-refractivity contribution is 5.95. The van der Waals surface area contributed by atoms with Crippen molar-refractivity contribution in [3.8, 4) is 5.75 Å². The molecular weight excluding hydrogens is 246 g/mol. The highest BCUT2D eigenvalue weighted by atomic mass is 16.5. The Labute approximate surface area is 110 Å². The summed E-state index contributed by atoms with van der Waals surface area (Å²) in [7, 11) is 3.21. The minimum atomic E-state index is -0.165. The maximum absolute atomic E-state index is 12.2. The topological polar surface area (TPSA) is 97.1 Å². The fourth-order valence-corrected chi connectivity index (χ4v) is 1.69. The van der Waals surface area contributed by atoms with Crippen molar-refractivity contribution >= 4 is 11.6 Å². The van der Waals surface area contributed by atoms with Crippen molar-refractivity contribution in [2.45, 2.75) is 6.54 Å². The van der Waals surface area contributed by atoms with E-state index in [1.807, 2.05) is 0 Å². The van der Waals surface area contributed by atoms with Crippen LogP contribution in [0.2, 0.25) is 0 Å². The second-order valence-electron chi connectivity index (χ2n) is 4.09. The van der Waals surface area contributed by atoms with E-state index in [0.29, 0.717) is 29.4 Å². The second kappa shape index (κ2) is 5.38. The maximum Gasteiger partial charge on any atom is 0.254 e. The predicted octanol–water partition coefficient (Wildman–Crippen LogP) is 0.668. The number of amides is 1. The molecule has 2 rings (SSSR count). The molecule has 1 amide bonds. The number of hydrogen-bond donors (Lipinski definition) is 2. The molecule has 1 aromatic heterocycles. The van der Waals surface area contributed by atoms with Gasteiger partial charge in [0.2, 0.25) is 0 Å². The molecule has 0 aliphatic carbocycles. The van der Waals surface area contributed by atoms with Crippen molar-refractivity contribution in [2.24, 2.45) is 0 Å². The standard InChI is InChI=1S/C12H15N5O2/c1-17(6-11-14-7-15-16-11)12(18)8-3-9(13)5-10(4-8)19-2/h3-5,7H,6,13H2,1-2H3,(H,14,15,16). The number of aromatic amines is 1. The molecule has 1 aromatic carbocycles. The fourth-order valence-electron chi connectivity index (χ4n) is 1.69. The minimum Gasteiger partial charge on any atom is -0.497 e. The number of nitrogen functional groups attached to an aromatic ring is 1. The zero-order valence-electron chi connectivity index (χ0n) is 10.8. The van der Waals surface area contributed by atoms with Gasteiger partial charge in [-0.15, -0.1) is 0 Å². The molecular formula is C12H15N5O2. The Morgan fingerprint density at radius 2 is 2.26 bits per heavy atom. The summed E-state index contributed by atoms with van der Waals surface area (Å²) in [4.78, 5) is 17.7. The van der Waals surface area contributed by atoms with Crippen LogP contribution in [0.25, 0.3) is 0 Å². The molecule has 7 heteroatoms. The molecule has 2 aromatic rings. The summed E-state index contributed by atoms with van der Waals surface area (Å²) < 4.78 is 5.09. The SMILES string of the molecule is COc1cc(N)cc(C(=O)N(C)Cc2ncn[nH]2)c1. The van der Waals surface area contributed by atoms with Gasteiger partial charge in [0.1, 0.15) is 17.9 Å². The first-order chi connectivity index (χ1) is 9.10. The molecule has 100 valence electrons. The van der Waals surface area contributed by atoms with Gasteiger partial charge in [-0.25, -0.2) is 4.98 Å². The lowest BCUT2D eigenvalue weighted by atomic mass is 10.1. The van der Waals surface area contributed by atoms with E-state index in [2.05, 4.69) is 15.2 Å². The highest BCUT2D eigenvalue weighted by Gasteiger charge is 2.14. The van der Waals surface area contributed by atoms with Gasteiger partial charge in [-0.1, -0.05) is 0 Å². The number of nitrogens with one attached hydrogen (secondary N) is 1. The minimum absolute atomic E-state index is 0.165. The van der Waals surface area contributed by atoms with Crippen LogP contribution >= 0.6 is 0 Å². The number of anilines is 1. The third kappa shape index (κ3) is 3.01. The normalized spacial score (nSPS) is 10.2. The van der Waals surface area contributed by atoms with Crippen LogP contribution in [-0.2, 0) is 6.54 Å². The number of ether oxygens (including phenoxy) is 1. The lowest BCUT2D eigenvalue weighted by molar-refractivity contribution is 0.0781. The van der Waals surface area contributed by atoms with Gasteiger partial charge >= 0.3 is 0 Å². The molecule has 1 heterocycles. The fraction of sp³-hybridized carbons (Fsp3) is 0.250. The van der Waals surface area contributed by atoms with Crippen molar-refractivity contribution in [1.82, 2.24) is 20.1 Å². The molecule has 0 spiro atoms. The van der Waals surface area contributed by atoms with Crippen molar-refractivity contribution in [3.63, 3.8) is 0 Å². The van der Waals surface area contributed by atoms with E-state index in [1.54, 1.807) is 25.2 Å². The number of rotatable bonds is 4. The average molecular weight is 261 g/mol. The molecule has 3 N–H and O–H groups in total. The quantitative estimate of drug-likeness (QED) is 0.788. The average Bonchev–Trinajstić information content (AvgIpc) is 2.89. The third-order valence-electron chi connectivity index (χ3n) is 2.61. The lowest BCUT2D eigenvalue weighted by Crippen LogP contribution is -2.26. The summed E-state index contributed by atoms with van der Waals surface area (Å²) in [5.41, 5.74) is 6.68. The number of H-pyrrole nitrogens is 1. The Hall–Kier alpha value is -2.57. The number of carbonyl (C=O) groups is 1. The van der Waals surface area contributed by atoms with Gasteiger partial charge in [-0.2, -0.15) is 5.10 Å². The lowest BCUT2D eigenvalue weighted by Gasteiger charge is -2.16. The third-order valence-corrected chi connectivity index (χ3v) is 2.61. The molecule has 0 bridgehead atoms. The van der Waals surface area contributed by atoms with Crippen LogP contribution < -0.4 is 10.5 Å². The van der Waals surface area contributed by atoms with Gasteiger partial charge < -0.3 is 15.4 Å². The van der Waals surface area contributed by atoms with Gasteiger partial charge in [0.15, 0.2) is 0 Å². The van der Waals surface area contributed by atoms with Gasteiger partial charge in [0.05, 0.1) is 13.7 Å².